The Morgan fingerprint density at radius 3 is 2.56 bits per heavy atom. The van der Waals surface area contributed by atoms with E-state index < -0.39 is 11.9 Å². The van der Waals surface area contributed by atoms with Crippen molar-refractivity contribution in [3.63, 3.8) is 0 Å². The maximum atomic E-state index is 13.0. The lowest BCUT2D eigenvalue weighted by Crippen LogP contribution is -2.30. The van der Waals surface area contributed by atoms with Crippen LogP contribution in [0.25, 0.3) is 6.08 Å². The van der Waals surface area contributed by atoms with Gasteiger partial charge in [-0.05, 0) is 49.2 Å². The third-order valence-electron chi connectivity index (χ3n) is 4.65. The molecule has 1 fully saturated rings. The summed E-state index contributed by atoms with van der Waals surface area (Å²) in [5, 5.41) is 2.62. The smallest absolute Gasteiger partial charge is 0.329 e. The number of imide groups is 1. The number of carbonyl (C=O) groups is 2. The average Bonchev–Trinajstić information content (AvgIpc) is 3.05. The lowest BCUT2D eigenvalue weighted by molar-refractivity contribution is -0.123. The summed E-state index contributed by atoms with van der Waals surface area (Å²) in [6.45, 7) is 5.35. The lowest BCUT2D eigenvalue weighted by Gasteiger charge is -2.11. The number of aromatic nitrogens is 1. The number of amides is 3. The molecule has 0 spiro atoms. The molecule has 1 aliphatic heterocycles. The molecule has 6 nitrogen and oxygen atoms in total. The van der Waals surface area contributed by atoms with Crippen LogP contribution in [0.4, 0.5) is 9.18 Å². The Labute approximate surface area is 157 Å². The molecule has 0 radical (unpaired) electrons. The van der Waals surface area contributed by atoms with E-state index in [0.717, 1.165) is 21.9 Å². The summed E-state index contributed by atoms with van der Waals surface area (Å²) in [5.74, 6) is -0.758. The summed E-state index contributed by atoms with van der Waals surface area (Å²) in [6.07, 6.45) is 1.69. The fraction of sp³-hybridized carbons (Fsp3) is 0.300. The minimum Gasteiger partial charge on any atom is -0.383 e. The van der Waals surface area contributed by atoms with Crippen LogP contribution in [0, 0.1) is 19.7 Å². The molecular weight excluding hydrogens is 349 g/mol. The van der Waals surface area contributed by atoms with Gasteiger partial charge in [0.25, 0.3) is 5.91 Å². The van der Waals surface area contributed by atoms with Crippen molar-refractivity contribution in [1.82, 2.24) is 14.8 Å². The highest BCUT2D eigenvalue weighted by molar-refractivity contribution is 6.13. The quantitative estimate of drug-likeness (QED) is 0.627. The Hall–Kier alpha value is -2.93. The molecule has 142 valence electrons. The summed E-state index contributed by atoms with van der Waals surface area (Å²) >= 11 is 0. The van der Waals surface area contributed by atoms with Gasteiger partial charge in [0.1, 0.15) is 11.5 Å². The molecule has 1 saturated heterocycles. The SMILES string of the molecule is COCCn1c(C)cc(/C=C2/NC(=O)N(Cc3ccc(F)cc3)C2=O)c1C. The molecule has 0 bridgehead atoms. The van der Waals surface area contributed by atoms with Crippen LogP contribution in [0.5, 0.6) is 0 Å². The van der Waals surface area contributed by atoms with Gasteiger partial charge >= 0.3 is 6.03 Å². The molecule has 0 atom stereocenters. The third kappa shape index (κ3) is 3.93. The van der Waals surface area contributed by atoms with Crippen LogP contribution in [-0.2, 0) is 22.6 Å². The molecule has 1 aliphatic rings. The number of nitrogens with one attached hydrogen (secondary N) is 1. The van der Waals surface area contributed by atoms with Crippen molar-refractivity contribution < 1.29 is 18.7 Å². The molecule has 7 heteroatoms. The van der Waals surface area contributed by atoms with Crippen LogP contribution >= 0.6 is 0 Å². The van der Waals surface area contributed by atoms with Crippen molar-refractivity contribution in [1.29, 1.82) is 0 Å². The van der Waals surface area contributed by atoms with Crippen molar-refractivity contribution >= 4 is 18.0 Å². The van der Waals surface area contributed by atoms with E-state index in [2.05, 4.69) is 9.88 Å². The summed E-state index contributed by atoms with van der Waals surface area (Å²) in [5.41, 5.74) is 3.83. The van der Waals surface area contributed by atoms with Gasteiger partial charge in [-0.2, -0.15) is 0 Å². The van der Waals surface area contributed by atoms with E-state index in [1.54, 1.807) is 25.3 Å². The number of nitrogens with zero attached hydrogens (tertiary/aromatic N) is 2. The van der Waals surface area contributed by atoms with Gasteiger partial charge in [-0.3, -0.25) is 9.69 Å². The second kappa shape index (κ2) is 7.75. The number of aryl methyl sites for hydroxylation is 1. The highest BCUT2D eigenvalue weighted by Crippen LogP contribution is 2.21. The molecule has 3 rings (SSSR count). The Morgan fingerprint density at radius 1 is 1.19 bits per heavy atom. The van der Waals surface area contributed by atoms with E-state index in [-0.39, 0.29) is 18.1 Å². The highest BCUT2D eigenvalue weighted by Gasteiger charge is 2.33. The minimum absolute atomic E-state index is 0.0924. The monoisotopic (exact) mass is 371 g/mol. The predicted octanol–water partition coefficient (Wildman–Crippen LogP) is 2.98. The Morgan fingerprint density at radius 2 is 1.89 bits per heavy atom. The summed E-state index contributed by atoms with van der Waals surface area (Å²) in [6, 6.07) is 7.21. The van der Waals surface area contributed by atoms with Gasteiger partial charge in [0.05, 0.1) is 13.2 Å². The molecule has 0 aliphatic carbocycles. The largest absolute Gasteiger partial charge is 0.383 e. The topological polar surface area (TPSA) is 63.6 Å². The van der Waals surface area contributed by atoms with Gasteiger partial charge in [-0.1, -0.05) is 12.1 Å². The predicted molar refractivity (Wildman–Crippen MR) is 99.2 cm³/mol. The lowest BCUT2D eigenvalue weighted by atomic mass is 10.2. The maximum absolute atomic E-state index is 13.0. The number of halogens is 1. The fourth-order valence-corrected chi connectivity index (χ4v) is 3.14. The van der Waals surface area contributed by atoms with Crippen LogP contribution in [0.15, 0.2) is 36.0 Å². The first kappa shape index (κ1) is 18.8. The van der Waals surface area contributed by atoms with Gasteiger partial charge < -0.3 is 14.6 Å². The molecular formula is C20H22FN3O3. The van der Waals surface area contributed by atoms with Crippen LogP contribution in [-0.4, -0.2) is 35.1 Å². The molecule has 1 aromatic heterocycles. The van der Waals surface area contributed by atoms with E-state index in [4.69, 9.17) is 4.74 Å². The number of hydrogen-bond acceptors (Lipinski definition) is 3. The van der Waals surface area contributed by atoms with Crippen molar-refractivity contribution in [2.45, 2.75) is 26.9 Å². The number of ether oxygens (including phenoxy) is 1. The van der Waals surface area contributed by atoms with Gasteiger partial charge in [0.2, 0.25) is 0 Å². The standard InChI is InChI=1S/C20H22FN3O3/c1-13-10-16(14(2)23(13)8-9-27-3)11-18-19(25)24(20(26)22-18)12-15-4-6-17(21)7-5-15/h4-7,10-11H,8-9,12H2,1-3H3,(H,22,26)/b18-11+. The summed E-state index contributed by atoms with van der Waals surface area (Å²) in [4.78, 5) is 26.0. The van der Waals surface area contributed by atoms with Gasteiger partial charge in [-0.25, -0.2) is 9.18 Å². The number of benzene rings is 1. The van der Waals surface area contributed by atoms with Crippen LogP contribution < -0.4 is 5.32 Å². The van der Waals surface area contributed by atoms with Crippen molar-refractivity contribution in [3.8, 4) is 0 Å². The van der Waals surface area contributed by atoms with E-state index in [1.807, 2.05) is 19.9 Å². The zero-order valence-corrected chi connectivity index (χ0v) is 15.6. The Balaban J connectivity index is 1.81. The van der Waals surface area contributed by atoms with E-state index in [0.29, 0.717) is 18.7 Å². The Kier molecular flexibility index (Phi) is 5.41. The number of carbonyl (C=O) groups excluding carboxylic acids is 2. The van der Waals surface area contributed by atoms with Crippen molar-refractivity contribution in [2.24, 2.45) is 0 Å². The number of methoxy groups -OCH3 is 1. The minimum atomic E-state index is -0.483. The van der Waals surface area contributed by atoms with Gasteiger partial charge in [0.15, 0.2) is 0 Å². The third-order valence-corrected chi connectivity index (χ3v) is 4.65. The van der Waals surface area contributed by atoms with Crippen molar-refractivity contribution in [3.05, 3.63) is 64.4 Å². The summed E-state index contributed by atoms with van der Waals surface area (Å²) < 4.78 is 20.3. The summed E-state index contributed by atoms with van der Waals surface area (Å²) in [7, 11) is 1.65. The molecule has 0 unspecified atom stereocenters. The van der Waals surface area contributed by atoms with Gasteiger partial charge in [-0.15, -0.1) is 0 Å². The van der Waals surface area contributed by atoms with E-state index in [9.17, 15) is 14.0 Å². The molecule has 3 amide bonds. The molecule has 0 saturated carbocycles. The zero-order valence-electron chi connectivity index (χ0n) is 15.6. The van der Waals surface area contributed by atoms with Crippen molar-refractivity contribution in [2.75, 3.05) is 13.7 Å². The zero-order chi connectivity index (χ0) is 19.6. The number of urea groups is 1. The molecule has 2 heterocycles. The van der Waals surface area contributed by atoms with E-state index in [1.165, 1.54) is 12.1 Å². The maximum Gasteiger partial charge on any atom is 0.329 e. The van der Waals surface area contributed by atoms with Crippen LogP contribution in [0.3, 0.4) is 0 Å². The second-order valence-corrected chi connectivity index (χ2v) is 6.48. The molecule has 1 N–H and O–H groups in total. The highest BCUT2D eigenvalue weighted by atomic mass is 19.1. The normalized spacial score (nSPS) is 15.7. The fourth-order valence-electron chi connectivity index (χ4n) is 3.14. The molecule has 2 aromatic rings. The molecule has 27 heavy (non-hydrogen) atoms. The first-order valence-corrected chi connectivity index (χ1v) is 8.65. The van der Waals surface area contributed by atoms with Crippen LogP contribution in [0.2, 0.25) is 0 Å². The first-order valence-electron chi connectivity index (χ1n) is 8.65. The van der Waals surface area contributed by atoms with Gasteiger partial charge in [0, 0.05) is 25.0 Å². The number of rotatable bonds is 6. The average molecular weight is 371 g/mol. The Bertz CT molecular complexity index is 900. The van der Waals surface area contributed by atoms with Crippen LogP contribution in [0.1, 0.15) is 22.5 Å². The second-order valence-electron chi connectivity index (χ2n) is 6.48. The molecule has 1 aromatic carbocycles. The first-order chi connectivity index (χ1) is 12.9. The van der Waals surface area contributed by atoms with E-state index >= 15 is 0 Å². The number of hydrogen-bond donors (Lipinski definition) is 1.